The number of aromatic nitrogens is 3. The van der Waals surface area contributed by atoms with E-state index >= 15 is 0 Å². The normalized spacial score (nSPS) is 12.0. The summed E-state index contributed by atoms with van der Waals surface area (Å²) in [4.78, 5) is 0.254. The molecule has 0 aliphatic carbocycles. The molecule has 7 nitrogen and oxygen atoms in total. The van der Waals surface area contributed by atoms with E-state index in [0.29, 0.717) is 30.2 Å². The van der Waals surface area contributed by atoms with Crippen molar-refractivity contribution in [2.75, 3.05) is 13.6 Å². The lowest BCUT2D eigenvalue weighted by atomic mass is 10.1. The maximum absolute atomic E-state index is 12.7. The average molecular weight is 374 g/mol. The summed E-state index contributed by atoms with van der Waals surface area (Å²) < 4.78 is 33.8. The fourth-order valence-corrected chi connectivity index (χ4v) is 4.36. The van der Waals surface area contributed by atoms with Crippen molar-refractivity contribution < 1.29 is 12.9 Å². The topological polar surface area (TPSA) is 81.2 Å². The first-order chi connectivity index (χ1) is 12.3. The maximum Gasteiger partial charge on any atom is 0.246 e. The molecule has 3 aromatic rings. The zero-order valence-corrected chi connectivity index (χ0v) is 16.1. The number of aryl methyl sites for hydroxylation is 1. The van der Waals surface area contributed by atoms with Gasteiger partial charge in [-0.05, 0) is 13.8 Å². The lowest BCUT2D eigenvalue weighted by Crippen LogP contribution is -2.27. The van der Waals surface area contributed by atoms with Crippen LogP contribution in [0.3, 0.4) is 0 Å². The predicted octanol–water partition coefficient (Wildman–Crippen LogP) is 2.84. The highest BCUT2D eigenvalue weighted by Gasteiger charge is 2.28. The van der Waals surface area contributed by atoms with Crippen molar-refractivity contribution in [1.82, 2.24) is 19.2 Å². The van der Waals surface area contributed by atoms with E-state index in [4.69, 9.17) is 4.52 Å². The Morgan fingerprint density at radius 2 is 1.88 bits per heavy atom. The summed E-state index contributed by atoms with van der Waals surface area (Å²) in [6.45, 7) is 5.97. The van der Waals surface area contributed by atoms with Gasteiger partial charge in [-0.1, -0.05) is 42.4 Å². The van der Waals surface area contributed by atoms with E-state index in [1.165, 1.54) is 4.31 Å². The smallest absolute Gasteiger partial charge is 0.246 e. The van der Waals surface area contributed by atoms with Gasteiger partial charge < -0.3 is 4.52 Å². The summed E-state index contributed by atoms with van der Waals surface area (Å²) in [7, 11) is -1.99. The largest absolute Gasteiger partial charge is 0.359 e. The molecule has 2 aromatic heterocycles. The van der Waals surface area contributed by atoms with E-state index in [1.807, 2.05) is 36.4 Å². The van der Waals surface area contributed by atoms with Crippen LogP contribution < -0.4 is 0 Å². The van der Waals surface area contributed by atoms with Gasteiger partial charge in [0.1, 0.15) is 17.1 Å². The van der Waals surface area contributed by atoms with Crippen LogP contribution in [-0.2, 0) is 16.6 Å². The van der Waals surface area contributed by atoms with E-state index < -0.39 is 10.0 Å². The van der Waals surface area contributed by atoms with Gasteiger partial charge in [-0.2, -0.15) is 5.10 Å². The molecular weight excluding hydrogens is 352 g/mol. The Balaban J connectivity index is 1.91. The van der Waals surface area contributed by atoms with Crippen LogP contribution in [0.1, 0.15) is 24.1 Å². The van der Waals surface area contributed by atoms with Gasteiger partial charge >= 0.3 is 0 Å². The zero-order valence-electron chi connectivity index (χ0n) is 15.3. The Kier molecular flexibility index (Phi) is 4.97. The van der Waals surface area contributed by atoms with Crippen LogP contribution >= 0.6 is 0 Å². The third kappa shape index (κ3) is 3.30. The van der Waals surface area contributed by atoms with Gasteiger partial charge in [0.2, 0.25) is 10.0 Å². The Bertz CT molecular complexity index is 1010. The fourth-order valence-electron chi connectivity index (χ4n) is 2.81. The zero-order chi connectivity index (χ0) is 18.9. The van der Waals surface area contributed by atoms with Gasteiger partial charge in [0.05, 0.1) is 11.4 Å². The second-order valence-corrected chi connectivity index (χ2v) is 8.10. The minimum atomic E-state index is -3.56. The van der Waals surface area contributed by atoms with Crippen molar-refractivity contribution in [3.63, 3.8) is 0 Å². The van der Waals surface area contributed by atoms with E-state index in [0.717, 1.165) is 11.3 Å². The molecule has 8 heteroatoms. The standard InChI is InChI=1S/C18H22N4O3S/c1-5-21(4)26(23,24)18-13(2)19-22(14(18)3)12-16-11-17(20-25-16)15-9-7-6-8-10-15/h6-11H,5,12H2,1-4H3. The van der Waals surface area contributed by atoms with E-state index in [2.05, 4.69) is 10.3 Å². The molecule has 26 heavy (non-hydrogen) atoms. The third-order valence-corrected chi connectivity index (χ3v) is 6.55. The van der Waals surface area contributed by atoms with Crippen molar-refractivity contribution >= 4 is 10.0 Å². The fraction of sp³-hybridized carbons (Fsp3) is 0.333. The van der Waals surface area contributed by atoms with Crippen molar-refractivity contribution in [3.05, 3.63) is 53.5 Å². The third-order valence-electron chi connectivity index (χ3n) is 4.36. The minimum Gasteiger partial charge on any atom is -0.359 e. The van der Waals surface area contributed by atoms with Crippen LogP contribution in [0.5, 0.6) is 0 Å². The molecule has 0 N–H and O–H groups in total. The molecule has 0 aliphatic heterocycles. The SMILES string of the molecule is CCN(C)S(=O)(=O)c1c(C)nn(Cc2cc(-c3ccccc3)no2)c1C. The molecule has 0 unspecified atom stereocenters. The van der Waals surface area contributed by atoms with Crippen molar-refractivity contribution in [3.8, 4) is 11.3 Å². The summed E-state index contributed by atoms with van der Waals surface area (Å²) in [5, 5.41) is 8.48. The van der Waals surface area contributed by atoms with Crippen molar-refractivity contribution in [1.29, 1.82) is 0 Å². The second kappa shape index (κ2) is 7.05. The molecule has 138 valence electrons. The molecule has 3 rings (SSSR count). The highest BCUT2D eigenvalue weighted by Crippen LogP contribution is 2.24. The van der Waals surface area contributed by atoms with Crippen LogP contribution in [-0.4, -0.2) is 41.3 Å². The van der Waals surface area contributed by atoms with Gasteiger partial charge in [0, 0.05) is 25.2 Å². The highest BCUT2D eigenvalue weighted by molar-refractivity contribution is 7.89. The number of hydrogen-bond acceptors (Lipinski definition) is 5. The number of rotatable bonds is 6. The minimum absolute atomic E-state index is 0.254. The molecule has 0 saturated carbocycles. The number of hydrogen-bond donors (Lipinski definition) is 0. The maximum atomic E-state index is 12.7. The lowest BCUT2D eigenvalue weighted by molar-refractivity contribution is 0.371. The Hall–Kier alpha value is -2.45. The monoisotopic (exact) mass is 374 g/mol. The van der Waals surface area contributed by atoms with Gasteiger partial charge in [0.25, 0.3) is 0 Å². The predicted molar refractivity (Wildman–Crippen MR) is 98.2 cm³/mol. The molecule has 0 atom stereocenters. The number of nitrogens with zero attached hydrogens (tertiary/aromatic N) is 4. The second-order valence-electron chi connectivity index (χ2n) is 6.12. The van der Waals surface area contributed by atoms with Gasteiger partial charge in [0.15, 0.2) is 5.76 Å². The molecule has 1 aromatic carbocycles. The summed E-state index contributed by atoms with van der Waals surface area (Å²) in [6, 6.07) is 11.6. The summed E-state index contributed by atoms with van der Waals surface area (Å²) >= 11 is 0. The van der Waals surface area contributed by atoms with Gasteiger partial charge in [-0.15, -0.1) is 0 Å². The number of benzene rings is 1. The Morgan fingerprint density at radius 1 is 1.19 bits per heavy atom. The van der Waals surface area contributed by atoms with Crippen LogP contribution in [0.2, 0.25) is 0 Å². The molecule has 0 radical (unpaired) electrons. The first kappa shape index (κ1) is 18.3. The molecule has 0 amide bonds. The molecule has 0 saturated heterocycles. The van der Waals surface area contributed by atoms with Crippen LogP contribution in [0.4, 0.5) is 0 Å². The molecular formula is C18H22N4O3S. The van der Waals surface area contributed by atoms with Crippen molar-refractivity contribution in [2.24, 2.45) is 0 Å². The van der Waals surface area contributed by atoms with E-state index in [-0.39, 0.29) is 4.90 Å². The highest BCUT2D eigenvalue weighted by atomic mass is 32.2. The quantitative estimate of drug-likeness (QED) is 0.663. The molecule has 0 spiro atoms. The van der Waals surface area contributed by atoms with Crippen LogP contribution in [0.25, 0.3) is 11.3 Å². The van der Waals surface area contributed by atoms with Crippen LogP contribution in [0.15, 0.2) is 45.8 Å². The Labute approximate surface area is 153 Å². The summed E-state index contributed by atoms with van der Waals surface area (Å²) in [6.07, 6.45) is 0. The van der Waals surface area contributed by atoms with E-state index in [9.17, 15) is 8.42 Å². The Morgan fingerprint density at radius 3 is 2.54 bits per heavy atom. The summed E-state index contributed by atoms with van der Waals surface area (Å²) in [5.74, 6) is 0.613. The number of sulfonamides is 1. The summed E-state index contributed by atoms with van der Waals surface area (Å²) in [5.41, 5.74) is 2.76. The molecule has 2 heterocycles. The average Bonchev–Trinajstić information content (AvgIpc) is 3.20. The van der Waals surface area contributed by atoms with Crippen molar-refractivity contribution in [2.45, 2.75) is 32.2 Å². The lowest BCUT2D eigenvalue weighted by Gasteiger charge is -2.15. The molecule has 0 fully saturated rings. The van der Waals surface area contributed by atoms with E-state index in [1.54, 1.807) is 32.5 Å². The van der Waals surface area contributed by atoms with Crippen LogP contribution in [0, 0.1) is 13.8 Å². The first-order valence-electron chi connectivity index (χ1n) is 8.36. The molecule has 0 bridgehead atoms. The van der Waals surface area contributed by atoms with Gasteiger partial charge in [-0.25, -0.2) is 12.7 Å². The first-order valence-corrected chi connectivity index (χ1v) is 9.80. The molecule has 0 aliphatic rings. The van der Waals surface area contributed by atoms with Gasteiger partial charge in [-0.3, -0.25) is 4.68 Å².